The summed E-state index contributed by atoms with van der Waals surface area (Å²) in [6, 6.07) is 0. The molecule has 2 fully saturated rings. The number of rotatable bonds is 0. The third-order valence-electron chi connectivity index (χ3n) is 3.11. The van der Waals surface area contributed by atoms with Crippen molar-refractivity contribution in [2.24, 2.45) is 5.41 Å². The number of hydrogen-bond donors (Lipinski definition) is 0. The van der Waals surface area contributed by atoms with Gasteiger partial charge in [-0.25, -0.2) is 0 Å². The Hall–Kier alpha value is -0.0400. The van der Waals surface area contributed by atoms with Gasteiger partial charge in [0.05, 0.1) is 0 Å². The summed E-state index contributed by atoms with van der Waals surface area (Å²) in [4.78, 5) is 2.56. The first-order valence-corrected chi connectivity index (χ1v) is 5.25. The van der Waals surface area contributed by atoms with Gasteiger partial charge in [-0.3, -0.25) is 0 Å². The molecule has 0 amide bonds. The van der Waals surface area contributed by atoms with E-state index in [0.717, 1.165) is 0 Å². The molecule has 0 aromatic carbocycles. The molecule has 0 unspecified atom stereocenters. The second-order valence-electron chi connectivity index (χ2n) is 4.92. The monoisotopic (exact) mass is 169 g/mol. The van der Waals surface area contributed by atoms with Crippen LogP contribution in [0, 0.1) is 5.41 Å². The molecule has 0 N–H and O–H groups in total. The lowest BCUT2D eigenvalue weighted by Gasteiger charge is -2.16. The van der Waals surface area contributed by atoms with Crippen LogP contribution >= 0.6 is 0 Å². The standard InChI is InChI=1S/C9H17N.C2H6/c1-8(2)6-9(4-5-9)10(3)7-8;1-2/h4-7H2,1-3H3;1-2H3. The number of hydrogen-bond acceptors (Lipinski definition) is 1. The van der Waals surface area contributed by atoms with E-state index in [4.69, 9.17) is 0 Å². The highest BCUT2D eigenvalue weighted by Crippen LogP contribution is 2.54. The van der Waals surface area contributed by atoms with Gasteiger partial charge in [0, 0.05) is 12.1 Å². The largest absolute Gasteiger partial charge is 0.300 e. The first-order chi connectivity index (χ1) is 5.54. The molecule has 0 atom stereocenters. The first kappa shape index (κ1) is 10.0. The molecule has 1 aliphatic heterocycles. The van der Waals surface area contributed by atoms with Gasteiger partial charge in [0.15, 0.2) is 0 Å². The molecule has 1 nitrogen and oxygen atoms in total. The van der Waals surface area contributed by atoms with Crippen molar-refractivity contribution in [3.05, 3.63) is 0 Å². The van der Waals surface area contributed by atoms with Crippen molar-refractivity contribution in [2.75, 3.05) is 13.6 Å². The molecule has 12 heavy (non-hydrogen) atoms. The number of nitrogens with zero attached hydrogens (tertiary/aromatic N) is 1. The fourth-order valence-corrected chi connectivity index (χ4v) is 2.59. The Balaban J connectivity index is 0.000000336. The summed E-state index contributed by atoms with van der Waals surface area (Å²) >= 11 is 0. The van der Waals surface area contributed by atoms with Crippen molar-refractivity contribution < 1.29 is 0 Å². The molecule has 0 bridgehead atoms. The molecule has 1 saturated carbocycles. The molecular weight excluding hydrogens is 146 g/mol. The highest BCUT2D eigenvalue weighted by atomic mass is 15.2. The Bertz CT molecular complexity index is 156. The zero-order chi connectivity index (χ0) is 9.41. The molecule has 0 radical (unpaired) electrons. The zero-order valence-electron chi connectivity index (χ0n) is 9.28. The molecule has 1 saturated heterocycles. The van der Waals surface area contributed by atoms with Crippen molar-refractivity contribution in [1.29, 1.82) is 0 Å². The summed E-state index contributed by atoms with van der Waals surface area (Å²) in [5.41, 5.74) is 1.26. The van der Waals surface area contributed by atoms with Gasteiger partial charge in [-0.15, -0.1) is 0 Å². The predicted octanol–water partition coefficient (Wildman–Crippen LogP) is 2.91. The summed E-state index contributed by atoms with van der Waals surface area (Å²) in [6.07, 6.45) is 4.33. The van der Waals surface area contributed by atoms with Crippen LogP contribution in [0.15, 0.2) is 0 Å². The van der Waals surface area contributed by atoms with E-state index < -0.39 is 0 Å². The average Bonchev–Trinajstić information content (AvgIpc) is 2.67. The molecule has 0 aromatic heterocycles. The molecule has 1 spiro atoms. The van der Waals surface area contributed by atoms with E-state index in [9.17, 15) is 0 Å². The summed E-state index contributed by atoms with van der Waals surface area (Å²) in [7, 11) is 2.28. The Morgan fingerprint density at radius 2 is 1.58 bits per heavy atom. The SMILES string of the molecule is CC.CN1CC(C)(C)CC12CC2. The topological polar surface area (TPSA) is 3.24 Å². The van der Waals surface area contributed by atoms with Crippen molar-refractivity contribution in [3.63, 3.8) is 0 Å². The lowest BCUT2D eigenvalue weighted by atomic mass is 9.90. The molecule has 1 heterocycles. The van der Waals surface area contributed by atoms with Gasteiger partial charge in [0.2, 0.25) is 0 Å². The zero-order valence-corrected chi connectivity index (χ0v) is 9.28. The van der Waals surface area contributed by atoms with E-state index >= 15 is 0 Å². The predicted molar refractivity (Wildman–Crippen MR) is 54.3 cm³/mol. The van der Waals surface area contributed by atoms with E-state index in [1.807, 2.05) is 13.8 Å². The van der Waals surface area contributed by atoms with Crippen molar-refractivity contribution in [3.8, 4) is 0 Å². The highest BCUT2D eigenvalue weighted by Gasteiger charge is 2.54. The van der Waals surface area contributed by atoms with Crippen molar-refractivity contribution >= 4 is 0 Å². The Kier molecular flexibility index (Phi) is 2.53. The van der Waals surface area contributed by atoms with Crippen LogP contribution in [0.3, 0.4) is 0 Å². The second-order valence-corrected chi connectivity index (χ2v) is 4.92. The van der Waals surface area contributed by atoms with Gasteiger partial charge >= 0.3 is 0 Å². The lowest BCUT2D eigenvalue weighted by Crippen LogP contribution is -2.26. The third kappa shape index (κ3) is 1.66. The van der Waals surface area contributed by atoms with E-state index in [0.29, 0.717) is 11.0 Å². The van der Waals surface area contributed by atoms with Crippen LogP contribution in [0.25, 0.3) is 0 Å². The smallest absolute Gasteiger partial charge is 0.0213 e. The van der Waals surface area contributed by atoms with E-state index in [2.05, 4.69) is 25.8 Å². The van der Waals surface area contributed by atoms with Crippen LogP contribution in [-0.4, -0.2) is 24.0 Å². The highest BCUT2D eigenvalue weighted by molar-refractivity contribution is 5.10. The van der Waals surface area contributed by atoms with Crippen LogP contribution in [0.2, 0.25) is 0 Å². The van der Waals surface area contributed by atoms with Crippen LogP contribution in [0.1, 0.15) is 47.0 Å². The Morgan fingerprint density at radius 3 is 1.75 bits per heavy atom. The van der Waals surface area contributed by atoms with Gasteiger partial charge in [-0.1, -0.05) is 27.7 Å². The molecule has 1 heteroatoms. The molecule has 0 aromatic rings. The maximum Gasteiger partial charge on any atom is 0.0213 e. The molecule has 1 aliphatic carbocycles. The van der Waals surface area contributed by atoms with Gasteiger partial charge in [0.1, 0.15) is 0 Å². The fraction of sp³-hybridized carbons (Fsp3) is 1.00. The Labute approximate surface area is 77.1 Å². The van der Waals surface area contributed by atoms with Gasteiger partial charge in [-0.05, 0) is 31.7 Å². The fourth-order valence-electron chi connectivity index (χ4n) is 2.59. The van der Waals surface area contributed by atoms with E-state index in [-0.39, 0.29) is 0 Å². The van der Waals surface area contributed by atoms with Crippen molar-refractivity contribution in [2.45, 2.75) is 52.5 Å². The van der Waals surface area contributed by atoms with E-state index in [1.54, 1.807) is 0 Å². The maximum atomic E-state index is 2.56. The van der Waals surface area contributed by atoms with E-state index in [1.165, 1.54) is 25.8 Å². The van der Waals surface area contributed by atoms with Crippen LogP contribution in [-0.2, 0) is 0 Å². The normalized spacial score (nSPS) is 29.8. The quantitative estimate of drug-likeness (QED) is 0.539. The Morgan fingerprint density at radius 1 is 1.08 bits per heavy atom. The minimum absolute atomic E-state index is 0.589. The summed E-state index contributed by atoms with van der Waals surface area (Å²) in [5, 5.41) is 0. The molecular formula is C11H23N. The van der Waals surface area contributed by atoms with Gasteiger partial charge in [-0.2, -0.15) is 0 Å². The molecule has 2 rings (SSSR count). The first-order valence-electron chi connectivity index (χ1n) is 5.25. The van der Waals surface area contributed by atoms with Crippen LogP contribution in [0.4, 0.5) is 0 Å². The average molecular weight is 169 g/mol. The minimum Gasteiger partial charge on any atom is -0.300 e. The maximum absolute atomic E-state index is 2.56. The third-order valence-corrected chi connectivity index (χ3v) is 3.11. The summed E-state index contributed by atoms with van der Waals surface area (Å²) in [5.74, 6) is 0. The van der Waals surface area contributed by atoms with Crippen LogP contribution in [0.5, 0.6) is 0 Å². The molecule has 2 aliphatic rings. The number of likely N-dealkylation sites (tertiary alicyclic amines) is 1. The minimum atomic E-state index is 0.589. The van der Waals surface area contributed by atoms with Gasteiger partial charge in [0.25, 0.3) is 0 Å². The lowest BCUT2D eigenvalue weighted by molar-refractivity contribution is 0.282. The molecule has 72 valence electrons. The summed E-state index contributed by atoms with van der Waals surface area (Å²) in [6.45, 7) is 10.1. The summed E-state index contributed by atoms with van der Waals surface area (Å²) < 4.78 is 0. The van der Waals surface area contributed by atoms with Gasteiger partial charge < -0.3 is 4.90 Å². The van der Waals surface area contributed by atoms with Crippen LogP contribution < -0.4 is 0 Å². The second kappa shape index (κ2) is 3.02. The van der Waals surface area contributed by atoms with Crippen molar-refractivity contribution in [1.82, 2.24) is 4.90 Å².